The molecule has 2 nitrogen and oxygen atoms in total. The van der Waals surface area contributed by atoms with Gasteiger partial charge in [0.15, 0.2) is 0 Å². The fraction of sp³-hybridized carbons (Fsp3) is 0.917. The van der Waals surface area contributed by atoms with Gasteiger partial charge < -0.3 is 5.73 Å². The average molecular weight is 230 g/mol. The number of halogens is 1. The maximum Gasteiger partial charge on any atom is 0.223 e. The molecule has 0 aliphatic heterocycles. The van der Waals surface area contributed by atoms with Gasteiger partial charge in [-0.25, -0.2) is 0 Å². The third-order valence-electron chi connectivity index (χ3n) is 5.31. The van der Waals surface area contributed by atoms with E-state index in [1.54, 1.807) is 0 Å². The van der Waals surface area contributed by atoms with Crippen molar-refractivity contribution in [1.29, 1.82) is 0 Å². The van der Waals surface area contributed by atoms with E-state index in [-0.39, 0.29) is 23.7 Å². The molecule has 4 fully saturated rings. The van der Waals surface area contributed by atoms with Crippen LogP contribution in [0.5, 0.6) is 0 Å². The monoisotopic (exact) mass is 229 g/mol. The quantitative estimate of drug-likeness (QED) is 0.737. The van der Waals surface area contributed by atoms with Gasteiger partial charge in [0.05, 0.1) is 5.41 Å². The van der Waals surface area contributed by atoms with E-state index >= 15 is 0 Å². The molecule has 0 heterocycles. The molecule has 4 aliphatic carbocycles. The lowest BCUT2D eigenvalue weighted by Gasteiger charge is -2.59. The Morgan fingerprint density at radius 2 is 1.73 bits per heavy atom. The van der Waals surface area contributed by atoms with Gasteiger partial charge in [-0.15, -0.1) is 12.4 Å². The van der Waals surface area contributed by atoms with Crippen molar-refractivity contribution in [2.75, 3.05) is 0 Å². The summed E-state index contributed by atoms with van der Waals surface area (Å²) in [6.07, 6.45) is 6.30. The minimum Gasteiger partial charge on any atom is -0.369 e. The van der Waals surface area contributed by atoms with Crippen LogP contribution in [0.3, 0.4) is 0 Å². The Hall–Kier alpha value is -0.240. The maximum atomic E-state index is 11.7. The highest BCUT2D eigenvalue weighted by atomic mass is 35.5. The van der Waals surface area contributed by atoms with Crippen LogP contribution in [-0.4, -0.2) is 5.91 Å². The number of hydrogen-bond acceptors (Lipinski definition) is 1. The maximum absolute atomic E-state index is 11.7. The molecular weight excluding hydrogens is 210 g/mol. The Kier molecular flexibility index (Phi) is 2.53. The zero-order valence-electron chi connectivity index (χ0n) is 9.24. The molecule has 0 saturated heterocycles. The van der Waals surface area contributed by atoms with Crippen molar-refractivity contribution in [2.45, 2.75) is 39.0 Å². The van der Waals surface area contributed by atoms with Crippen molar-refractivity contribution < 1.29 is 4.79 Å². The van der Waals surface area contributed by atoms with Gasteiger partial charge in [-0.05, 0) is 55.8 Å². The summed E-state index contributed by atoms with van der Waals surface area (Å²) < 4.78 is 0. The van der Waals surface area contributed by atoms with Gasteiger partial charge >= 0.3 is 0 Å². The number of amides is 1. The van der Waals surface area contributed by atoms with Gasteiger partial charge in [0.2, 0.25) is 5.91 Å². The number of carbonyl (C=O) groups excluding carboxylic acids is 1. The van der Waals surface area contributed by atoms with E-state index in [2.05, 4.69) is 6.92 Å². The van der Waals surface area contributed by atoms with E-state index in [4.69, 9.17) is 5.73 Å². The average Bonchev–Trinajstić information content (AvgIpc) is 2.12. The van der Waals surface area contributed by atoms with Gasteiger partial charge in [-0.3, -0.25) is 4.79 Å². The van der Waals surface area contributed by atoms with Crippen LogP contribution in [0.15, 0.2) is 0 Å². The molecule has 4 aliphatic rings. The van der Waals surface area contributed by atoms with Crippen LogP contribution >= 0.6 is 12.4 Å². The predicted octanol–water partition coefficient (Wildman–Crippen LogP) is 2.36. The number of rotatable bonds is 1. The fourth-order valence-corrected chi connectivity index (χ4v) is 4.72. The van der Waals surface area contributed by atoms with Gasteiger partial charge in [0.25, 0.3) is 0 Å². The first kappa shape index (κ1) is 11.3. The number of nitrogens with two attached hydrogens (primary N) is 1. The molecule has 4 bridgehead atoms. The first-order valence-corrected chi connectivity index (χ1v) is 5.92. The lowest BCUT2D eigenvalue weighted by molar-refractivity contribution is -0.154. The third kappa shape index (κ3) is 1.33. The van der Waals surface area contributed by atoms with E-state index in [1.165, 1.54) is 19.3 Å². The van der Waals surface area contributed by atoms with Crippen LogP contribution in [-0.2, 0) is 4.79 Å². The minimum atomic E-state index is -0.102. The molecule has 0 aromatic carbocycles. The van der Waals surface area contributed by atoms with Crippen LogP contribution in [0, 0.1) is 29.1 Å². The van der Waals surface area contributed by atoms with E-state index in [9.17, 15) is 4.79 Å². The van der Waals surface area contributed by atoms with E-state index in [0.717, 1.165) is 30.6 Å². The first-order valence-electron chi connectivity index (χ1n) is 5.92. The summed E-state index contributed by atoms with van der Waals surface area (Å²) in [4.78, 5) is 11.7. The zero-order chi connectivity index (χ0) is 9.92. The summed E-state index contributed by atoms with van der Waals surface area (Å²) in [7, 11) is 0. The number of carbonyl (C=O) groups is 1. The van der Waals surface area contributed by atoms with Crippen molar-refractivity contribution in [3.63, 3.8) is 0 Å². The second kappa shape index (κ2) is 3.38. The molecule has 0 aromatic heterocycles. The number of primary amides is 1. The molecule has 3 atom stereocenters. The summed E-state index contributed by atoms with van der Waals surface area (Å²) in [6, 6.07) is 0. The molecule has 1 amide bonds. The lowest BCUT2D eigenvalue weighted by Crippen LogP contribution is -2.57. The molecular formula is C12H20ClNO. The lowest BCUT2D eigenvalue weighted by atomic mass is 9.45. The third-order valence-corrected chi connectivity index (χ3v) is 5.31. The Morgan fingerprint density at radius 1 is 1.20 bits per heavy atom. The highest BCUT2D eigenvalue weighted by Crippen LogP contribution is 2.62. The molecule has 3 heteroatoms. The molecule has 15 heavy (non-hydrogen) atoms. The van der Waals surface area contributed by atoms with Crippen LogP contribution < -0.4 is 5.73 Å². The molecule has 4 rings (SSSR count). The fourth-order valence-electron chi connectivity index (χ4n) is 4.72. The highest BCUT2D eigenvalue weighted by Gasteiger charge is 2.58. The van der Waals surface area contributed by atoms with E-state index < -0.39 is 0 Å². The molecule has 86 valence electrons. The van der Waals surface area contributed by atoms with Crippen LogP contribution in [0.1, 0.15) is 39.0 Å². The largest absolute Gasteiger partial charge is 0.369 e. The normalized spacial score (nSPS) is 51.3. The molecule has 2 N–H and O–H groups in total. The van der Waals surface area contributed by atoms with Crippen LogP contribution in [0.2, 0.25) is 0 Å². The van der Waals surface area contributed by atoms with Crippen molar-refractivity contribution in [3.05, 3.63) is 0 Å². The first-order chi connectivity index (χ1) is 6.62. The zero-order valence-corrected chi connectivity index (χ0v) is 10.1. The molecule has 0 spiro atoms. The van der Waals surface area contributed by atoms with Gasteiger partial charge in [-0.1, -0.05) is 6.92 Å². The predicted molar refractivity (Wildman–Crippen MR) is 61.6 cm³/mol. The van der Waals surface area contributed by atoms with E-state index in [0.29, 0.717) is 5.92 Å². The molecule has 0 radical (unpaired) electrons. The van der Waals surface area contributed by atoms with Gasteiger partial charge in [-0.2, -0.15) is 0 Å². The van der Waals surface area contributed by atoms with Crippen LogP contribution in [0.4, 0.5) is 0 Å². The van der Waals surface area contributed by atoms with Crippen molar-refractivity contribution >= 4 is 18.3 Å². The summed E-state index contributed by atoms with van der Waals surface area (Å²) in [5.74, 6) is 2.97. The summed E-state index contributed by atoms with van der Waals surface area (Å²) in [5, 5.41) is 0. The topological polar surface area (TPSA) is 43.1 Å². The SMILES string of the molecule is CC1C2CC3CC(C2)CC1(C(N)=O)C3.Cl. The molecule has 4 saturated carbocycles. The Morgan fingerprint density at radius 3 is 2.20 bits per heavy atom. The van der Waals surface area contributed by atoms with Crippen molar-refractivity contribution in [1.82, 2.24) is 0 Å². The highest BCUT2D eigenvalue weighted by molar-refractivity contribution is 5.85. The Labute approximate surface area is 97.4 Å². The van der Waals surface area contributed by atoms with Gasteiger partial charge in [0.1, 0.15) is 0 Å². The van der Waals surface area contributed by atoms with Crippen molar-refractivity contribution in [2.24, 2.45) is 34.8 Å². The number of hydrogen-bond donors (Lipinski definition) is 1. The molecule has 3 unspecified atom stereocenters. The summed E-state index contributed by atoms with van der Waals surface area (Å²) in [5.41, 5.74) is 5.54. The minimum absolute atomic E-state index is 0. The Bertz CT molecular complexity index is 277. The Balaban J connectivity index is 0.000000853. The van der Waals surface area contributed by atoms with Crippen molar-refractivity contribution in [3.8, 4) is 0 Å². The summed E-state index contributed by atoms with van der Waals surface area (Å²) >= 11 is 0. The van der Waals surface area contributed by atoms with Crippen LogP contribution in [0.25, 0.3) is 0 Å². The standard InChI is InChI=1S/C12H19NO.ClH/c1-7-10-3-8-2-9(4-10)6-12(7,5-8)11(13)14;/h7-10H,2-6H2,1H3,(H2,13,14);1H. The second-order valence-corrected chi connectivity index (χ2v) is 5.92. The van der Waals surface area contributed by atoms with Gasteiger partial charge in [0, 0.05) is 0 Å². The van der Waals surface area contributed by atoms with E-state index in [1.807, 2.05) is 0 Å². The molecule has 0 aromatic rings. The second-order valence-electron chi connectivity index (χ2n) is 5.92. The smallest absolute Gasteiger partial charge is 0.223 e. The summed E-state index contributed by atoms with van der Waals surface area (Å²) in [6.45, 7) is 2.26.